The molecule has 3 rings (SSSR count). The molecule has 2 aromatic carbocycles. The Morgan fingerprint density at radius 2 is 1.96 bits per heavy atom. The maximum Gasteiger partial charge on any atom is 0.203 e. The van der Waals surface area contributed by atoms with Crippen LogP contribution < -0.4 is 10.2 Å². The number of ether oxygens (including phenoxy) is 1. The van der Waals surface area contributed by atoms with Crippen LogP contribution in [0.3, 0.4) is 0 Å². The molecule has 0 aliphatic heterocycles. The third-order valence-electron chi connectivity index (χ3n) is 3.54. The Kier molecular flexibility index (Phi) is 5.27. The van der Waals surface area contributed by atoms with Crippen molar-refractivity contribution >= 4 is 22.2 Å². The minimum atomic E-state index is -0.245. The van der Waals surface area contributed by atoms with Gasteiger partial charge in [0.25, 0.3) is 0 Å². The third kappa shape index (κ3) is 3.78. The van der Waals surface area contributed by atoms with Crippen LogP contribution in [0.1, 0.15) is 5.56 Å². The molecule has 7 heteroatoms. The second kappa shape index (κ2) is 7.78. The highest BCUT2D eigenvalue weighted by atomic mass is 32.1. The fourth-order valence-corrected chi connectivity index (χ4v) is 2.97. The van der Waals surface area contributed by atoms with Gasteiger partial charge in [-0.3, -0.25) is 5.43 Å². The van der Waals surface area contributed by atoms with Crippen LogP contribution in [-0.2, 0) is 0 Å². The molecule has 128 valence electrons. The van der Waals surface area contributed by atoms with E-state index in [2.05, 4.69) is 15.5 Å². The summed E-state index contributed by atoms with van der Waals surface area (Å²) in [6, 6.07) is 14.3. The fraction of sp³-hybridized carbons (Fsp3) is 0.111. The van der Waals surface area contributed by atoms with Gasteiger partial charge in [-0.25, -0.2) is 4.98 Å². The van der Waals surface area contributed by atoms with Gasteiger partial charge in [-0.05, 0) is 24.3 Å². The molecule has 0 bridgehead atoms. The van der Waals surface area contributed by atoms with Crippen molar-refractivity contribution in [2.75, 3.05) is 19.1 Å². The number of aromatic nitrogens is 1. The smallest absolute Gasteiger partial charge is 0.203 e. The zero-order valence-corrected chi connectivity index (χ0v) is 14.3. The number of para-hydroxylation sites is 2. The summed E-state index contributed by atoms with van der Waals surface area (Å²) >= 11 is 1.36. The van der Waals surface area contributed by atoms with Crippen LogP contribution in [0.5, 0.6) is 11.5 Å². The number of hydrogen-bond acceptors (Lipinski definition) is 7. The van der Waals surface area contributed by atoms with Gasteiger partial charge in [0.2, 0.25) is 5.13 Å². The Hall–Kier alpha value is -2.90. The van der Waals surface area contributed by atoms with Crippen LogP contribution in [-0.4, -0.2) is 34.6 Å². The number of nitrogens with one attached hydrogen (secondary N) is 1. The molecule has 0 saturated carbocycles. The second-order valence-electron chi connectivity index (χ2n) is 5.08. The van der Waals surface area contributed by atoms with E-state index >= 15 is 0 Å². The number of thiazole rings is 1. The van der Waals surface area contributed by atoms with Gasteiger partial charge in [-0.2, -0.15) is 5.10 Å². The fourth-order valence-electron chi connectivity index (χ4n) is 2.32. The number of methoxy groups -OCH3 is 1. The van der Waals surface area contributed by atoms with Crippen LogP contribution in [0.15, 0.2) is 59.0 Å². The molecule has 6 nitrogen and oxygen atoms in total. The summed E-state index contributed by atoms with van der Waals surface area (Å²) in [4.78, 5) is 4.41. The first-order valence-corrected chi connectivity index (χ1v) is 8.41. The van der Waals surface area contributed by atoms with Crippen LogP contribution in [0.4, 0.5) is 5.13 Å². The number of anilines is 1. The van der Waals surface area contributed by atoms with Crippen molar-refractivity contribution < 1.29 is 14.9 Å². The lowest BCUT2D eigenvalue weighted by atomic mass is 10.1. The van der Waals surface area contributed by atoms with Crippen molar-refractivity contribution in [3.8, 4) is 22.8 Å². The van der Waals surface area contributed by atoms with Gasteiger partial charge in [0.05, 0.1) is 25.1 Å². The topological polar surface area (TPSA) is 87.0 Å². The molecule has 1 aromatic heterocycles. The van der Waals surface area contributed by atoms with Crippen molar-refractivity contribution in [1.29, 1.82) is 0 Å². The van der Waals surface area contributed by atoms with Crippen molar-refractivity contribution in [2.24, 2.45) is 5.10 Å². The van der Waals surface area contributed by atoms with Crippen LogP contribution in [0.25, 0.3) is 11.3 Å². The van der Waals surface area contributed by atoms with Gasteiger partial charge >= 0.3 is 0 Å². The molecule has 0 amide bonds. The molecule has 0 aliphatic carbocycles. The number of aliphatic hydroxyl groups is 1. The molecule has 0 spiro atoms. The van der Waals surface area contributed by atoms with Gasteiger partial charge in [0.1, 0.15) is 11.5 Å². The van der Waals surface area contributed by atoms with E-state index in [4.69, 9.17) is 4.74 Å². The van der Waals surface area contributed by atoms with E-state index in [0.717, 1.165) is 0 Å². The minimum Gasteiger partial charge on any atom is -0.507 e. The molecule has 0 radical (unpaired) electrons. The molecular weight excluding hydrogens is 338 g/mol. The van der Waals surface area contributed by atoms with E-state index in [-0.39, 0.29) is 12.4 Å². The van der Waals surface area contributed by atoms with Crippen LogP contribution in [0, 0.1) is 0 Å². The van der Waals surface area contributed by atoms with Gasteiger partial charge < -0.3 is 14.9 Å². The summed E-state index contributed by atoms with van der Waals surface area (Å²) in [6.45, 7) is -0.245. The zero-order valence-electron chi connectivity index (χ0n) is 13.5. The van der Waals surface area contributed by atoms with E-state index in [1.807, 2.05) is 29.6 Å². The predicted octanol–water partition coefficient (Wildman–Crippen LogP) is 3.33. The first-order valence-electron chi connectivity index (χ1n) is 7.53. The van der Waals surface area contributed by atoms with Gasteiger partial charge in [-0.1, -0.05) is 24.3 Å². The summed E-state index contributed by atoms with van der Waals surface area (Å²) in [5.41, 5.74) is 5.31. The maximum atomic E-state index is 9.91. The molecule has 0 atom stereocenters. The van der Waals surface area contributed by atoms with Crippen molar-refractivity contribution in [1.82, 2.24) is 4.98 Å². The molecule has 3 aromatic rings. The average Bonchev–Trinajstić information content (AvgIpc) is 3.11. The van der Waals surface area contributed by atoms with E-state index in [9.17, 15) is 10.2 Å². The van der Waals surface area contributed by atoms with Crippen molar-refractivity contribution in [2.45, 2.75) is 0 Å². The lowest BCUT2D eigenvalue weighted by Crippen LogP contribution is -2.10. The number of rotatable bonds is 6. The first-order chi connectivity index (χ1) is 12.2. The minimum absolute atomic E-state index is 0.174. The van der Waals surface area contributed by atoms with Crippen LogP contribution >= 0.6 is 11.3 Å². The van der Waals surface area contributed by atoms with Gasteiger partial charge in [0, 0.05) is 16.5 Å². The summed E-state index contributed by atoms with van der Waals surface area (Å²) in [6.07, 6.45) is 0. The number of phenols is 1. The Balaban J connectivity index is 1.83. The predicted molar refractivity (Wildman–Crippen MR) is 99.5 cm³/mol. The molecular formula is C18H17N3O3S. The van der Waals surface area contributed by atoms with Crippen molar-refractivity contribution in [3.05, 3.63) is 59.5 Å². The molecule has 3 N–H and O–H groups in total. The lowest BCUT2D eigenvalue weighted by Gasteiger charge is -2.09. The molecule has 0 unspecified atom stereocenters. The summed E-state index contributed by atoms with van der Waals surface area (Å²) in [7, 11) is 1.57. The summed E-state index contributed by atoms with van der Waals surface area (Å²) in [5, 5.41) is 26.2. The monoisotopic (exact) mass is 355 g/mol. The van der Waals surface area contributed by atoms with E-state index < -0.39 is 0 Å². The SMILES string of the molecule is COc1ccccc1/C(CO)=N/Nc1nc(-c2ccccc2O)cs1. The highest BCUT2D eigenvalue weighted by molar-refractivity contribution is 7.14. The van der Waals surface area contributed by atoms with E-state index in [0.29, 0.717) is 33.4 Å². The molecule has 0 fully saturated rings. The number of phenolic OH excluding ortho intramolecular Hbond substituents is 1. The number of hydrogen-bond donors (Lipinski definition) is 3. The number of benzene rings is 2. The molecule has 0 saturated heterocycles. The molecule has 1 heterocycles. The Labute approximate surface area is 149 Å². The quantitative estimate of drug-likeness (QED) is 0.466. The number of aromatic hydroxyl groups is 1. The Morgan fingerprint density at radius 3 is 2.72 bits per heavy atom. The Morgan fingerprint density at radius 1 is 1.20 bits per heavy atom. The van der Waals surface area contributed by atoms with Gasteiger partial charge in [-0.15, -0.1) is 11.3 Å². The highest BCUT2D eigenvalue weighted by Gasteiger charge is 2.11. The first kappa shape index (κ1) is 16.9. The van der Waals surface area contributed by atoms with E-state index in [1.165, 1.54) is 11.3 Å². The molecule has 0 aliphatic rings. The number of aliphatic hydroxyl groups excluding tert-OH is 1. The third-order valence-corrected chi connectivity index (χ3v) is 4.29. The lowest BCUT2D eigenvalue weighted by molar-refractivity contribution is 0.356. The number of hydrazone groups is 1. The standard InChI is InChI=1S/C18H17N3O3S/c1-24-17-9-5-3-7-13(17)14(10-22)20-21-18-19-15(11-25-18)12-6-2-4-8-16(12)23/h2-9,11,22-23H,10H2,1H3,(H,19,21)/b20-14+. The second-order valence-corrected chi connectivity index (χ2v) is 5.94. The highest BCUT2D eigenvalue weighted by Crippen LogP contribution is 2.31. The summed E-state index contributed by atoms with van der Waals surface area (Å²) in [5.74, 6) is 0.805. The molecule has 25 heavy (non-hydrogen) atoms. The van der Waals surface area contributed by atoms with Crippen molar-refractivity contribution in [3.63, 3.8) is 0 Å². The van der Waals surface area contributed by atoms with Crippen LogP contribution in [0.2, 0.25) is 0 Å². The maximum absolute atomic E-state index is 9.91. The number of nitrogens with zero attached hydrogens (tertiary/aromatic N) is 2. The Bertz CT molecular complexity index is 893. The zero-order chi connectivity index (χ0) is 17.6. The van der Waals surface area contributed by atoms with E-state index in [1.54, 1.807) is 31.4 Å². The van der Waals surface area contributed by atoms with Gasteiger partial charge in [0.15, 0.2) is 0 Å². The normalized spacial score (nSPS) is 11.4. The summed E-state index contributed by atoms with van der Waals surface area (Å²) < 4.78 is 5.29. The largest absolute Gasteiger partial charge is 0.507 e. The average molecular weight is 355 g/mol.